The molecule has 2 fully saturated rings. The number of thiocarbonyl (C=S) groups is 1. The van der Waals surface area contributed by atoms with Gasteiger partial charge in [0.15, 0.2) is 0 Å². The second kappa shape index (κ2) is 10.8. The molecule has 0 saturated carbocycles. The van der Waals surface area contributed by atoms with Gasteiger partial charge in [-0.15, -0.1) is 0 Å². The summed E-state index contributed by atoms with van der Waals surface area (Å²) in [5.74, 6) is 0.555. The SMILES string of the molecule is O=C1/C(=C/c2cc(Br)c(OCc3ccc(Cl)cc3Cl)c(Br)c2)SC(=S)N1C[C@H]1CCCO1. The van der Waals surface area contributed by atoms with Crippen molar-refractivity contribution in [2.75, 3.05) is 13.2 Å². The molecule has 2 aromatic carbocycles. The molecule has 0 N–H and O–H groups in total. The first-order valence-electron chi connectivity index (χ1n) is 9.74. The lowest BCUT2D eigenvalue weighted by atomic mass is 10.2. The van der Waals surface area contributed by atoms with Gasteiger partial charge in [-0.2, -0.15) is 0 Å². The molecule has 0 unspecified atom stereocenters. The number of nitrogens with zero attached hydrogens (tertiary/aromatic N) is 1. The van der Waals surface area contributed by atoms with Gasteiger partial charge >= 0.3 is 0 Å². The zero-order chi connectivity index (χ0) is 22.8. The summed E-state index contributed by atoms with van der Waals surface area (Å²) in [6.07, 6.45) is 3.88. The van der Waals surface area contributed by atoms with Gasteiger partial charge in [-0.05, 0) is 80.6 Å². The number of benzene rings is 2. The second-order valence-electron chi connectivity index (χ2n) is 7.27. The number of hydrogen-bond donors (Lipinski definition) is 0. The van der Waals surface area contributed by atoms with Crippen LogP contribution in [0.25, 0.3) is 6.08 Å². The molecule has 32 heavy (non-hydrogen) atoms. The van der Waals surface area contributed by atoms with Gasteiger partial charge in [-0.25, -0.2) is 0 Å². The Morgan fingerprint density at radius 2 is 2.00 bits per heavy atom. The van der Waals surface area contributed by atoms with Crippen LogP contribution in [0.2, 0.25) is 10.0 Å². The Hall–Kier alpha value is -0.610. The zero-order valence-corrected chi connectivity index (χ0v) is 22.9. The van der Waals surface area contributed by atoms with E-state index in [4.69, 9.17) is 44.9 Å². The Bertz CT molecular complexity index is 1080. The Kier molecular flexibility index (Phi) is 8.24. The predicted molar refractivity (Wildman–Crippen MR) is 141 cm³/mol. The third-order valence-electron chi connectivity index (χ3n) is 4.99. The molecule has 4 nitrogen and oxygen atoms in total. The minimum Gasteiger partial charge on any atom is -0.486 e. The van der Waals surface area contributed by atoms with Gasteiger partial charge in [0.2, 0.25) is 0 Å². The van der Waals surface area contributed by atoms with Gasteiger partial charge in [0.05, 0.1) is 26.5 Å². The molecule has 4 rings (SSSR count). The quantitative estimate of drug-likeness (QED) is 0.243. The van der Waals surface area contributed by atoms with E-state index >= 15 is 0 Å². The van der Waals surface area contributed by atoms with E-state index in [1.807, 2.05) is 24.3 Å². The summed E-state index contributed by atoms with van der Waals surface area (Å²) in [7, 11) is 0. The number of amides is 1. The Morgan fingerprint density at radius 1 is 1.25 bits per heavy atom. The maximum Gasteiger partial charge on any atom is 0.266 e. The van der Waals surface area contributed by atoms with Crippen LogP contribution in [-0.4, -0.2) is 34.4 Å². The highest BCUT2D eigenvalue weighted by atomic mass is 79.9. The lowest BCUT2D eigenvalue weighted by Gasteiger charge is -2.18. The van der Waals surface area contributed by atoms with Crippen LogP contribution in [0.3, 0.4) is 0 Å². The average molecular weight is 638 g/mol. The minimum absolute atomic E-state index is 0.0608. The summed E-state index contributed by atoms with van der Waals surface area (Å²) in [5.41, 5.74) is 1.67. The predicted octanol–water partition coefficient (Wildman–Crippen LogP) is 7.48. The van der Waals surface area contributed by atoms with Crippen LogP contribution in [0.1, 0.15) is 24.0 Å². The summed E-state index contributed by atoms with van der Waals surface area (Å²) in [6.45, 7) is 1.54. The highest BCUT2D eigenvalue weighted by molar-refractivity contribution is 9.11. The highest BCUT2D eigenvalue weighted by Gasteiger charge is 2.34. The maximum atomic E-state index is 12.9. The fourth-order valence-corrected chi connectivity index (χ4v) is 6.58. The molecule has 10 heteroatoms. The lowest BCUT2D eigenvalue weighted by Crippen LogP contribution is -2.35. The number of hydrogen-bond acceptors (Lipinski definition) is 5. The Balaban J connectivity index is 1.48. The van der Waals surface area contributed by atoms with E-state index in [-0.39, 0.29) is 18.6 Å². The van der Waals surface area contributed by atoms with Crippen LogP contribution < -0.4 is 4.74 Å². The molecular formula is C22H17Br2Cl2NO3S2. The third kappa shape index (κ3) is 5.71. The molecule has 1 amide bonds. The molecule has 0 spiro atoms. The van der Waals surface area contributed by atoms with E-state index in [1.54, 1.807) is 17.0 Å². The molecule has 2 saturated heterocycles. The van der Waals surface area contributed by atoms with Crippen molar-refractivity contribution in [1.82, 2.24) is 4.90 Å². The van der Waals surface area contributed by atoms with Gasteiger partial charge < -0.3 is 9.47 Å². The van der Waals surface area contributed by atoms with Crippen LogP contribution in [0, 0.1) is 0 Å². The lowest BCUT2D eigenvalue weighted by molar-refractivity contribution is -0.123. The van der Waals surface area contributed by atoms with Crippen molar-refractivity contribution in [3.05, 3.63) is 65.4 Å². The van der Waals surface area contributed by atoms with Crippen LogP contribution in [0.4, 0.5) is 0 Å². The van der Waals surface area contributed by atoms with Crippen molar-refractivity contribution in [3.63, 3.8) is 0 Å². The van der Waals surface area contributed by atoms with Gasteiger partial charge in [0.1, 0.15) is 16.7 Å². The van der Waals surface area contributed by atoms with Gasteiger partial charge in [-0.3, -0.25) is 9.69 Å². The number of halogens is 4. The highest BCUT2D eigenvalue weighted by Crippen LogP contribution is 2.38. The third-order valence-corrected chi connectivity index (χ3v) is 8.13. The van der Waals surface area contributed by atoms with Gasteiger partial charge in [0.25, 0.3) is 5.91 Å². The van der Waals surface area contributed by atoms with Gasteiger partial charge in [0, 0.05) is 22.2 Å². The monoisotopic (exact) mass is 635 g/mol. The second-order valence-corrected chi connectivity index (χ2v) is 11.5. The Labute approximate surface area is 222 Å². The first-order valence-corrected chi connectivity index (χ1v) is 13.3. The maximum absolute atomic E-state index is 12.9. The van der Waals surface area contributed by atoms with E-state index in [1.165, 1.54) is 11.8 Å². The minimum atomic E-state index is -0.0829. The molecule has 0 bridgehead atoms. The van der Waals surface area contributed by atoms with Crippen LogP contribution >= 0.6 is 79.0 Å². The van der Waals surface area contributed by atoms with E-state index in [9.17, 15) is 4.79 Å². The number of carbonyl (C=O) groups excluding carboxylic acids is 1. The number of carbonyl (C=O) groups is 1. The first kappa shape index (κ1) is 24.5. The average Bonchev–Trinajstić information content (AvgIpc) is 3.33. The van der Waals surface area contributed by atoms with Crippen LogP contribution in [0.5, 0.6) is 5.75 Å². The van der Waals surface area contributed by atoms with Crippen molar-refractivity contribution >= 4 is 95.3 Å². The van der Waals surface area contributed by atoms with Gasteiger partial charge in [-0.1, -0.05) is 53.2 Å². The molecule has 2 aliphatic heterocycles. The zero-order valence-electron chi connectivity index (χ0n) is 16.6. The molecule has 2 heterocycles. The number of ether oxygens (including phenoxy) is 2. The summed E-state index contributed by atoms with van der Waals surface area (Å²) < 4.78 is 13.7. The number of thioether (sulfide) groups is 1. The smallest absolute Gasteiger partial charge is 0.266 e. The first-order chi connectivity index (χ1) is 15.3. The van der Waals surface area contributed by atoms with E-state index in [0.717, 1.165) is 39.5 Å². The van der Waals surface area contributed by atoms with Crippen molar-refractivity contribution in [2.24, 2.45) is 0 Å². The van der Waals surface area contributed by atoms with Crippen molar-refractivity contribution in [2.45, 2.75) is 25.6 Å². The Morgan fingerprint density at radius 3 is 2.66 bits per heavy atom. The normalized spacial score (nSPS) is 19.9. The molecule has 2 aliphatic rings. The van der Waals surface area contributed by atoms with E-state index in [2.05, 4.69) is 31.9 Å². The molecule has 0 radical (unpaired) electrons. The molecule has 0 aliphatic carbocycles. The molecule has 1 atom stereocenters. The number of rotatable bonds is 6. The van der Waals surface area contributed by atoms with Crippen LogP contribution in [0.15, 0.2) is 44.2 Å². The summed E-state index contributed by atoms with van der Waals surface area (Å²) in [4.78, 5) is 15.1. The molecular weight excluding hydrogens is 621 g/mol. The standard InChI is InChI=1S/C22H17Br2Cl2NO3S2/c23-16-6-12(7-17(24)20(16)30-11-13-3-4-14(25)9-18(13)26)8-19-21(28)27(22(31)32-19)10-15-2-1-5-29-15/h3-4,6-9,15H,1-2,5,10-11H2/b19-8-/t15-/m1/s1. The summed E-state index contributed by atoms with van der Waals surface area (Å²) in [5, 5.41) is 1.12. The summed E-state index contributed by atoms with van der Waals surface area (Å²) >= 11 is 26.1. The van der Waals surface area contributed by atoms with Crippen molar-refractivity contribution < 1.29 is 14.3 Å². The molecule has 168 valence electrons. The molecule has 0 aromatic heterocycles. The largest absolute Gasteiger partial charge is 0.486 e. The van der Waals surface area contributed by atoms with E-state index < -0.39 is 0 Å². The fourth-order valence-electron chi connectivity index (χ4n) is 3.39. The fraction of sp³-hybridized carbons (Fsp3) is 0.273. The van der Waals surface area contributed by atoms with Crippen LogP contribution in [-0.2, 0) is 16.1 Å². The van der Waals surface area contributed by atoms with Crippen molar-refractivity contribution in [3.8, 4) is 5.75 Å². The van der Waals surface area contributed by atoms with E-state index in [0.29, 0.717) is 31.6 Å². The summed E-state index contributed by atoms with van der Waals surface area (Å²) in [6, 6.07) is 9.09. The molecule has 2 aromatic rings. The van der Waals surface area contributed by atoms with Crippen molar-refractivity contribution in [1.29, 1.82) is 0 Å². The topological polar surface area (TPSA) is 38.8 Å².